The van der Waals surface area contributed by atoms with Gasteiger partial charge in [-0.05, 0) is 31.4 Å². The Labute approximate surface area is 120 Å². The fourth-order valence-electron chi connectivity index (χ4n) is 1.68. The van der Waals surface area contributed by atoms with Gasteiger partial charge in [0.1, 0.15) is 5.82 Å². The van der Waals surface area contributed by atoms with Crippen LogP contribution in [0.25, 0.3) is 0 Å². The van der Waals surface area contributed by atoms with Gasteiger partial charge >= 0.3 is 0 Å². The summed E-state index contributed by atoms with van der Waals surface area (Å²) in [7, 11) is 0. The molecule has 0 spiro atoms. The molecule has 0 unspecified atom stereocenters. The number of ether oxygens (including phenoxy) is 1. The van der Waals surface area contributed by atoms with Crippen molar-refractivity contribution in [2.75, 3.05) is 25.2 Å². The molecule has 0 saturated carbocycles. The molecule has 1 aromatic rings. The fourth-order valence-corrected chi connectivity index (χ4v) is 1.68. The number of nitrogen functional groups attached to an aromatic ring is 1. The van der Waals surface area contributed by atoms with Crippen LogP contribution in [0.4, 0.5) is 5.82 Å². The topological polar surface area (TPSA) is 89.3 Å². The molecule has 0 atom stereocenters. The van der Waals surface area contributed by atoms with Gasteiger partial charge in [0, 0.05) is 31.0 Å². The molecule has 1 amide bonds. The van der Waals surface area contributed by atoms with E-state index in [9.17, 15) is 4.79 Å². The smallest absolute Gasteiger partial charge is 0.251 e. The molecule has 20 heavy (non-hydrogen) atoms. The van der Waals surface area contributed by atoms with Gasteiger partial charge in [-0.15, -0.1) is 0 Å². The summed E-state index contributed by atoms with van der Waals surface area (Å²) < 4.78 is 5.22. The molecule has 0 saturated heterocycles. The second-order valence-corrected chi connectivity index (χ2v) is 4.77. The third kappa shape index (κ3) is 5.14. The molecule has 0 aliphatic rings. The van der Waals surface area contributed by atoms with Gasteiger partial charge in [0.15, 0.2) is 0 Å². The van der Waals surface area contributed by atoms with E-state index < -0.39 is 0 Å². The van der Waals surface area contributed by atoms with E-state index in [0.29, 0.717) is 31.1 Å². The van der Waals surface area contributed by atoms with Crippen molar-refractivity contribution in [1.82, 2.24) is 10.3 Å². The SMILES string of the molecule is CCOCCCNC(=O)c1cc(NN)nc(C(C)C)c1. The first-order valence-corrected chi connectivity index (χ1v) is 6.93. The summed E-state index contributed by atoms with van der Waals surface area (Å²) >= 11 is 0. The lowest BCUT2D eigenvalue weighted by molar-refractivity contribution is 0.0944. The second kappa shape index (κ2) is 8.50. The van der Waals surface area contributed by atoms with Crippen molar-refractivity contribution in [3.05, 3.63) is 23.4 Å². The summed E-state index contributed by atoms with van der Waals surface area (Å²) in [5.41, 5.74) is 3.89. The molecule has 1 rings (SSSR count). The van der Waals surface area contributed by atoms with Crippen LogP contribution in [-0.2, 0) is 4.74 Å². The number of nitrogens with one attached hydrogen (secondary N) is 2. The van der Waals surface area contributed by atoms with Crippen LogP contribution in [0.2, 0.25) is 0 Å². The van der Waals surface area contributed by atoms with Gasteiger partial charge in [0.2, 0.25) is 0 Å². The Balaban J connectivity index is 2.64. The Kier molecular flexibility index (Phi) is 6.97. The lowest BCUT2D eigenvalue weighted by Crippen LogP contribution is -2.26. The number of amides is 1. The summed E-state index contributed by atoms with van der Waals surface area (Å²) in [5.74, 6) is 5.98. The van der Waals surface area contributed by atoms with Crippen LogP contribution < -0.4 is 16.6 Å². The highest BCUT2D eigenvalue weighted by Crippen LogP contribution is 2.17. The average Bonchev–Trinajstić information content (AvgIpc) is 2.46. The molecule has 0 bridgehead atoms. The predicted molar refractivity (Wildman–Crippen MR) is 79.6 cm³/mol. The molecule has 4 N–H and O–H groups in total. The summed E-state index contributed by atoms with van der Waals surface area (Å²) in [6, 6.07) is 3.44. The Hall–Kier alpha value is -1.66. The Bertz CT molecular complexity index is 435. The van der Waals surface area contributed by atoms with Crippen molar-refractivity contribution in [1.29, 1.82) is 0 Å². The van der Waals surface area contributed by atoms with E-state index in [2.05, 4.69) is 15.7 Å². The zero-order valence-corrected chi connectivity index (χ0v) is 12.4. The molecular weight excluding hydrogens is 256 g/mol. The van der Waals surface area contributed by atoms with Crippen molar-refractivity contribution in [3.63, 3.8) is 0 Å². The van der Waals surface area contributed by atoms with Gasteiger partial charge in [-0.1, -0.05) is 13.8 Å². The molecule has 1 aromatic heterocycles. The Morgan fingerprint density at radius 3 is 2.80 bits per heavy atom. The van der Waals surface area contributed by atoms with Crippen LogP contribution >= 0.6 is 0 Å². The number of carbonyl (C=O) groups is 1. The highest BCUT2D eigenvalue weighted by molar-refractivity contribution is 5.95. The summed E-state index contributed by atoms with van der Waals surface area (Å²) in [6.45, 7) is 7.92. The van der Waals surface area contributed by atoms with Gasteiger partial charge in [-0.3, -0.25) is 4.79 Å². The molecule has 0 aliphatic carbocycles. The van der Waals surface area contributed by atoms with Crippen molar-refractivity contribution < 1.29 is 9.53 Å². The molecule has 6 heteroatoms. The number of rotatable bonds is 8. The standard InChI is InChI=1S/C14H24N4O2/c1-4-20-7-5-6-16-14(19)11-8-12(10(2)3)17-13(9-11)18-15/h8-10H,4-7,15H2,1-3H3,(H,16,19)(H,17,18). The number of hydrogen-bond acceptors (Lipinski definition) is 5. The number of aromatic nitrogens is 1. The highest BCUT2D eigenvalue weighted by Gasteiger charge is 2.11. The third-order valence-electron chi connectivity index (χ3n) is 2.80. The summed E-state index contributed by atoms with van der Waals surface area (Å²) in [5, 5.41) is 2.86. The second-order valence-electron chi connectivity index (χ2n) is 4.77. The van der Waals surface area contributed by atoms with Crippen molar-refractivity contribution in [2.45, 2.75) is 33.1 Å². The number of nitrogens with zero attached hydrogens (tertiary/aromatic N) is 1. The lowest BCUT2D eigenvalue weighted by Gasteiger charge is -2.11. The summed E-state index contributed by atoms with van der Waals surface area (Å²) in [4.78, 5) is 16.4. The first kappa shape index (κ1) is 16.4. The predicted octanol–water partition coefficient (Wildman–Crippen LogP) is 1.65. The van der Waals surface area contributed by atoms with Crippen LogP contribution in [0.15, 0.2) is 12.1 Å². The Morgan fingerprint density at radius 1 is 1.45 bits per heavy atom. The van der Waals surface area contributed by atoms with Crippen LogP contribution in [0.5, 0.6) is 0 Å². The monoisotopic (exact) mass is 280 g/mol. The van der Waals surface area contributed by atoms with E-state index in [4.69, 9.17) is 10.6 Å². The molecule has 0 fully saturated rings. The van der Waals surface area contributed by atoms with Crippen LogP contribution in [0.3, 0.4) is 0 Å². The molecule has 112 valence electrons. The summed E-state index contributed by atoms with van der Waals surface area (Å²) in [6.07, 6.45) is 0.795. The van der Waals surface area contributed by atoms with Gasteiger partial charge in [-0.2, -0.15) is 0 Å². The van der Waals surface area contributed by atoms with E-state index in [1.807, 2.05) is 20.8 Å². The van der Waals surface area contributed by atoms with E-state index in [1.54, 1.807) is 12.1 Å². The largest absolute Gasteiger partial charge is 0.382 e. The van der Waals surface area contributed by atoms with E-state index in [-0.39, 0.29) is 11.8 Å². The number of nitrogens with two attached hydrogens (primary N) is 1. The normalized spacial score (nSPS) is 10.7. The number of carbonyl (C=O) groups excluding carboxylic acids is 1. The van der Waals surface area contributed by atoms with E-state index in [1.165, 1.54) is 0 Å². The average molecular weight is 280 g/mol. The van der Waals surface area contributed by atoms with Crippen LogP contribution in [0, 0.1) is 0 Å². The highest BCUT2D eigenvalue weighted by atomic mass is 16.5. The van der Waals surface area contributed by atoms with E-state index >= 15 is 0 Å². The minimum Gasteiger partial charge on any atom is -0.382 e. The molecule has 0 radical (unpaired) electrons. The molecule has 0 aromatic carbocycles. The van der Waals surface area contributed by atoms with Crippen molar-refractivity contribution >= 4 is 11.7 Å². The van der Waals surface area contributed by atoms with Gasteiger partial charge in [0.05, 0.1) is 0 Å². The van der Waals surface area contributed by atoms with Crippen LogP contribution in [-0.4, -0.2) is 30.6 Å². The van der Waals surface area contributed by atoms with Crippen molar-refractivity contribution in [2.24, 2.45) is 5.84 Å². The van der Waals surface area contributed by atoms with Gasteiger partial charge in [0.25, 0.3) is 5.91 Å². The minimum absolute atomic E-state index is 0.123. The first-order valence-electron chi connectivity index (χ1n) is 6.93. The maximum atomic E-state index is 12.1. The van der Waals surface area contributed by atoms with Gasteiger partial charge < -0.3 is 15.5 Å². The van der Waals surface area contributed by atoms with Gasteiger partial charge in [-0.25, -0.2) is 10.8 Å². The fraction of sp³-hybridized carbons (Fsp3) is 0.571. The maximum Gasteiger partial charge on any atom is 0.251 e. The number of pyridine rings is 1. The molecule has 6 nitrogen and oxygen atoms in total. The zero-order valence-electron chi connectivity index (χ0n) is 12.4. The number of anilines is 1. The number of hydrogen-bond donors (Lipinski definition) is 3. The molecule has 0 aliphatic heterocycles. The van der Waals surface area contributed by atoms with Crippen molar-refractivity contribution in [3.8, 4) is 0 Å². The lowest BCUT2D eigenvalue weighted by atomic mass is 10.1. The maximum absolute atomic E-state index is 12.1. The van der Waals surface area contributed by atoms with Crippen LogP contribution in [0.1, 0.15) is 49.2 Å². The Morgan fingerprint density at radius 2 is 2.20 bits per heavy atom. The quantitative estimate of drug-likeness (QED) is 0.383. The molecular formula is C14H24N4O2. The zero-order chi connectivity index (χ0) is 15.0. The minimum atomic E-state index is -0.123. The number of hydrazine groups is 1. The van der Waals surface area contributed by atoms with E-state index in [0.717, 1.165) is 12.1 Å². The first-order chi connectivity index (χ1) is 9.58. The molecule has 1 heterocycles. The third-order valence-corrected chi connectivity index (χ3v) is 2.80.